The average Bonchev–Trinajstić information content (AvgIpc) is 2.53. The molecule has 0 radical (unpaired) electrons. The van der Waals surface area contributed by atoms with Gasteiger partial charge >= 0.3 is 6.09 Å². The van der Waals surface area contributed by atoms with Gasteiger partial charge in [-0.25, -0.2) is 4.79 Å². The molecule has 0 spiro atoms. The Balaban J connectivity index is 0.00000264. The smallest absolute Gasteiger partial charge is 0.407 e. The molecule has 0 aliphatic carbocycles. The van der Waals surface area contributed by atoms with Gasteiger partial charge in [-0.2, -0.15) is 0 Å². The van der Waals surface area contributed by atoms with Crippen LogP contribution in [0.2, 0.25) is 5.02 Å². The molecule has 3 N–H and O–H groups in total. The van der Waals surface area contributed by atoms with Gasteiger partial charge < -0.3 is 15.7 Å². The van der Waals surface area contributed by atoms with Gasteiger partial charge in [-0.05, 0) is 37.5 Å². The van der Waals surface area contributed by atoms with E-state index in [-0.39, 0.29) is 18.4 Å². The van der Waals surface area contributed by atoms with Crippen molar-refractivity contribution in [3.8, 4) is 0 Å². The van der Waals surface area contributed by atoms with Crippen LogP contribution in [0, 0.1) is 0 Å². The lowest BCUT2D eigenvalue weighted by atomic mass is 9.98. The van der Waals surface area contributed by atoms with Gasteiger partial charge in [0.05, 0.1) is 0 Å². The molecule has 7 heteroatoms. The van der Waals surface area contributed by atoms with Crippen molar-refractivity contribution < 1.29 is 9.90 Å². The number of piperidine rings is 1. The zero-order valence-corrected chi connectivity index (χ0v) is 14.9. The van der Waals surface area contributed by atoms with Gasteiger partial charge in [-0.15, -0.1) is 12.4 Å². The number of nitrogens with two attached hydrogens (primary N) is 1. The van der Waals surface area contributed by atoms with Gasteiger partial charge in [-0.3, -0.25) is 4.90 Å². The second-order valence-electron chi connectivity index (χ2n) is 5.75. The number of hydrogen-bond donors (Lipinski definition) is 2. The second-order valence-corrected chi connectivity index (χ2v) is 6.19. The summed E-state index contributed by atoms with van der Waals surface area (Å²) in [5.41, 5.74) is 6.99. The summed E-state index contributed by atoms with van der Waals surface area (Å²) in [4.78, 5) is 14.9. The Kier molecular flexibility index (Phi) is 8.12. The van der Waals surface area contributed by atoms with Crippen LogP contribution < -0.4 is 5.73 Å². The first kappa shape index (κ1) is 20.0. The highest BCUT2D eigenvalue weighted by atomic mass is 35.5. The Labute approximate surface area is 148 Å². The fourth-order valence-electron chi connectivity index (χ4n) is 3.16. The number of benzene rings is 1. The number of rotatable bonds is 5. The van der Waals surface area contributed by atoms with Crippen molar-refractivity contribution >= 4 is 30.1 Å². The highest BCUT2D eigenvalue weighted by Gasteiger charge is 2.29. The third-order valence-corrected chi connectivity index (χ3v) is 4.69. The molecule has 130 valence electrons. The Hall–Kier alpha value is -1.01. The minimum absolute atomic E-state index is 0. The number of likely N-dealkylation sites (tertiary alicyclic amines) is 1. The molecule has 0 bridgehead atoms. The zero-order chi connectivity index (χ0) is 16.1. The van der Waals surface area contributed by atoms with Gasteiger partial charge in [0.15, 0.2) is 0 Å². The van der Waals surface area contributed by atoms with Crippen LogP contribution in [0.3, 0.4) is 0 Å². The number of carbonyl (C=O) groups is 1. The van der Waals surface area contributed by atoms with Gasteiger partial charge in [0, 0.05) is 43.3 Å². The summed E-state index contributed by atoms with van der Waals surface area (Å²) in [6.45, 7) is 4.75. The van der Waals surface area contributed by atoms with Crippen molar-refractivity contribution in [3.63, 3.8) is 0 Å². The molecule has 1 heterocycles. The predicted molar refractivity (Wildman–Crippen MR) is 95.5 cm³/mol. The first-order valence-electron chi connectivity index (χ1n) is 7.72. The molecule has 1 aliphatic heterocycles. The largest absolute Gasteiger partial charge is 0.465 e. The number of nitrogens with zero attached hydrogens (tertiary/aromatic N) is 2. The summed E-state index contributed by atoms with van der Waals surface area (Å²) in [5, 5.41) is 9.79. The highest BCUT2D eigenvalue weighted by Crippen LogP contribution is 2.27. The molecule has 1 aromatic rings. The maximum atomic E-state index is 11.0. The molecule has 5 nitrogen and oxygen atoms in total. The van der Waals surface area contributed by atoms with Crippen LogP contribution in [0.15, 0.2) is 24.3 Å². The molecule has 1 fully saturated rings. The lowest BCUT2D eigenvalue weighted by Crippen LogP contribution is -2.48. The van der Waals surface area contributed by atoms with Crippen LogP contribution in [0.4, 0.5) is 4.79 Å². The van der Waals surface area contributed by atoms with Crippen molar-refractivity contribution in [2.24, 2.45) is 5.73 Å². The third-order valence-electron chi connectivity index (χ3n) is 4.44. The maximum absolute atomic E-state index is 11.0. The Morgan fingerprint density at radius 1 is 1.39 bits per heavy atom. The first-order valence-corrected chi connectivity index (χ1v) is 8.10. The van der Waals surface area contributed by atoms with Crippen LogP contribution in [0.25, 0.3) is 0 Å². The Bertz CT molecular complexity index is 491. The van der Waals surface area contributed by atoms with E-state index in [1.807, 2.05) is 24.3 Å². The van der Waals surface area contributed by atoms with E-state index in [4.69, 9.17) is 22.4 Å². The lowest BCUT2D eigenvalue weighted by molar-refractivity contribution is 0.0763. The molecule has 23 heavy (non-hydrogen) atoms. The SMILES string of the molecule is CC(c1ccc(Cl)cc1)N(CCN)C1CCN(C(=O)O)CC1.Cl. The quantitative estimate of drug-likeness (QED) is 0.844. The van der Waals surface area contributed by atoms with Gasteiger partial charge in [0.2, 0.25) is 0 Å². The highest BCUT2D eigenvalue weighted by molar-refractivity contribution is 6.30. The molecule has 2 rings (SSSR count). The van der Waals surface area contributed by atoms with Crippen molar-refractivity contribution in [2.75, 3.05) is 26.2 Å². The van der Waals surface area contributed by atoms with E-state index in [1.54, 1.807) is 0 Å². The predicted octanol–water partition coefficient (Wildman–Crippen LogP) is 3.23. The summed E-state index contributed by atoms with van der Waals surface area (Å²) in [6, 6.07) is 8.50. The molecular formula is C16H25Cl2N3O2. The minimum atomic E-state index is -0.824. The molecule has 1 unspecified atom stereocenters. The van der Waals surface area contributed by atoms with E-state index in [1.165, 1.54) is 10.5 Å². The third kappa shape index (κ3) is 5.24. The molecule has 1 atom stereocenters. The summed E-state index contributed by atoms with van der Waals surface area (Å²) in [5.74, 6) is 0. The number of carboxylic acid groups (broad SMARTS) is 1. The molecule has 1 aromatic carbocycles. The normalized spacial score (nSPS) is 17.0. The summed E-state index contributed by atoms with van der Waals surface area (Å²) in [7, 11) is 0. The van der Waals surface area contributed by atoms with Crippen molar-refractivity contribution in [3.05, 3.63) is 34.9 Å². The van der Waals surface area contributed by atoms with Crippen LogP contribution in [-0.2, 0) is 0 Å². The Morgan fingerprint density at radius 2 is 1.96 bits per heavy atom. The van der Waals surface area contributed by atoms with E-state index in [2.05, 4.69) is 11.8 Å². The number of hydrogen-bond acceptors (Lipinski definition) is 3. The number of amides is 1. The van der Waals surface area contributed by atoms with Gasteiger partial charge in [-0.1, -0.05) is 23.7 Å². The molecule has 1 amide bonds. The average molecular weight is 362 g/mol. The van der Waals surface area contributed by atoms with Crippen LogP contribution >= 0.6 is 24.0 Å². The zero-order valence-electron chi connectivity index (χ0n) is 13.3. The molecule has 0 aromatic heterocycles. The summed E-state index contributed by atoms with van der Waals surface area (Å²) < 4.78 is 0. The second kappa shape index (κ2) is 9.33. The van der Waals surface area contributed by atoms with E-state index >= 15 is 0 Å². The van der Waals surface area contributed by atoms with Gasteiger partial charge in [0.25, 0.3) is 0 Å². The van der Waals surface area contributed by atoms with Crippen LogP contribution in [0.5, 0.6) is 0 Å². The standard InChI is InChI=1S/C16H24ClN3O2.ClH/c1-12(13-2-4-14(17)5-3-13)20(11-8-18)15-6-9-19(10-7-15)16(21)22;/h2-5,12,15H,6-11,18H2,1H3,(H,21,22);1H. The van der Waals surface area contributed by atoms with Crippen molar-refractivity contribution in [2.45, 2.75) is 31.8 Å². The first-order chi connectivity index (χ1) is 10.5. The molecule has 1 saturated heterocycles. The maximum Gasteiger partial charge on any atom is 0.407 e. The van der Waals surface area contributed by atoms with Crippen molar-refractivity contribution in [1.29, 1.82) is 0 Å². The van der Waals surface area contributed by atoms with E-state index in [9.17, 15) is 4.79 Å². The fraction of sp³-hybridized carbons (Fsp3) is 0.562. The molecule has 0 saturated carbocycles. The topological polar surface area (TPSA) is 69.8 Å². The van der Waals surface area contributed by atoms with Gasteiger partial charge in [0.1, 0.15) is 0 Å². The van der Waals surface area contributed by atoms with Crippen LogP contribution in [-0.4, -0.2) is 53.2 Å². The Morgan fingerprint density at radius 3 is 2.43 bits per heavy atom. The summed E-state index contributed by atoms with van der Waals surface area (Å²) in [6.07, 6.45) is 0.878. The molecular weight excluding hydrogens is 337 g/mol. The van der Waals surface area contributed by atoms with Crippen molar-refractivity contribution in [1.82, 2.24) is 9.80 Å². The monoisotopic (exact) mass is 361 g/mol. The fourth-order valence-corrected chi connectivity index (χ4v) is 3.29. The molecule has 1 aliphatic rings. The number of halogens is 2. The van der Waals surface area contributed by atoms with E-state index in [0.29, 0.717) is 25.7 Å². The van der Waals surface area contributed by atoms with Crippen LogP contribution in [0.1, 0.15) is 31.4 Å². The summed E-state index contributed by atoms with van der Waals surface area (Å²) >= 11 is 5.96. The van der Waals surface area contributed by atoms with E-state index in [0.717, 1.165) is 24.4 Å². The minimum Gasteiger partial charge on any atom is -0.465 e. The lowest BCUT2D eigenvalue weighted by Gasteiger charge is -2.41. The van der Waals surface area contributed by atoms with E-state index < -0.39 is 6.09 Å².